The van der Waals surface area contributed by atoms with E-state index < -0.39 is 0 Å². The average Bonchev–Trinajstić information content (AvgIpc) is 3.06. The zero-order valence-corrected chi connectivity index (χ0v) is 13.5. The van der Waals surface area contributed by atoms with Gasteiger partial charge in [-0.15, -0.1) is 0 Å². The van der Waals surface area contributed by atoms with Gasteiger partial charge in [-0.1, -0.05) is 6.07 Å². The lowest BCUT2D eigenvalue weighted by Crippen LogP contribution is -2.21. The summed E-state index contributed by atoms with van der Waals surface area (Å²) < 4.78 is 12.4. The maximum Gasteiger partial charge on any atom is 0.166 e. The van der Waals surface area contributed by atoms with Gasteiger partial charge in [-0.25, -0.2) is 9.50 Å². The first kappa shape index (κ1) is 14.7. The van der Waals surface area contributed by atoms with Crippen LogP contribution in [0.3, 0.4) is 0 Å². The Balaban J connectivity index is 1.75. The molecule has 0 N–H and O–H groups in total. The van der Waals surface area contributed by atoms with E-state index in [4.69, 9.17) is 9.47 Å². The fourth-order valence-corrected chi connectivity index (χ4v) is 3.29. The van der Waals surface area contributed by atoms with Crippen molar-refractivity contribution in [1.82, 2.24) is 14.6 Å². The number of hydrogen-bond donors (Lipinski definition) is 0. The largest absolute Gasteiger partial charge is 0.497 e. The van der Waals surface area contributed by atoms with E-state index in [0.29, 0.717) is 18.4 Å². The Kier molecular flexibility index (Phi) is 3.45. The molecular formula is C18H17N3O3. The molecule has 0 bridgehead atoms. The number of nitrogens with zero attached hydrogens (tertiary/aromatic N) is 3. The molecule has 2 aromatic heterocycles. The first-order valence-corrected chi connectivity index (χ1v) is 7.78. The van der Waals surface area contributed by atoms with Crippen LogP contribution in [0.4, 0.5) is 0 Å². The molecule has 4 rings (SSSR count). The molecule has 122 valence electrons. The lowest BCUT2D eigenvalue weighted by Gasteiger charge is -2.24. The zero-order valence-electron chi connectivity index (χ0n) is 13.5. The maximum atomic E-state index is 12.6. The monoisotopic (exact) mass is 323 g/mol. The SMILES string of the molecule is COc1ccc(C2CC(=O)c3cn4nccc4nc3C2)c(OC)c1. The van der Waals surface area contributed by atoms with E-state index >= 15 is 0 Å². The maximum absolute atomic E-state index is 12.6. The molecule has 0 aliphatic heterocycles. The van der Waals surface area contributed by atoms with Crippen LogP contribution in [0.5, 0.6) is 11.5 Å². The Hall–Kier alpha value is -2.89. The number of carbonyl (C=O) groups is 1. The Labute approximate surface area is 139 Å². The number of methoxy groups -OCH3 is 2. The lowest BCUT2D eigenvalue weighted by molar-refractivity contribution is 0.0962. The van der Waals surface area contributed by atoms with Crippen LogP contribution < -0.4 is 9.47 Å². The Morgan fingerprint density at radius 2 is 2.04 bits per heavy atom. The van der Waals surface area contributed by atoms with Gasteiger partial charge >= 0.3 is 0 Å². The van der Waals surface area contributed by atoms with E-state index in [9.17, 15) is 4.79 Å². The van der Waals surface area contributed by atoms with Crippen LogP contribution >= 0.6 is 0 Å². The molecule has 0 saturated heterocycles. The zero-order chi connectivity index (χ0) is 16.7. The van der Waals surface area contributed by atoms with Gasteiger partial charge in [0.05, 0.1) is 31.7 Å². The van der Waals surface area contributed by atoms with Gasteiger partial charge in [0, 0.05) is 30.7 Å². The van der Waals surface area contributed by atoms with Crippen molar-refractivity contribution in [2.75, 3.05) is 14.2 Å². The molecule has 0 amide bonds. The van der Waals surface area contributed by atoms with E-state index in [1.54, 1.807) is 31.1 Å². The van der Waals surface area contributed by atoms with Crippen LogP contribution in [0.1, 0.15) is 34.0 Å². The minimum Gasteiger partial charge on any atom is -0.497 e. The molecule has 6 heteroatoms. The number of benzene rings is 1. The van der Waals surface area contributed by atoms with Crippen LogP contribution in [0.2, 0.25) is 0 Å². The summed E-state index contributed by atoms with van der Waals surface area (Å²) in [5.74, 6) is 1.60. The molecule has 24 heavy (non-hydrogen) atoms. The first-order valence-electron chi connectivity index (χ1n) is 7.78. The number of ether oxygens (including phenoxy) is 2. The van der Waals surface area contributed by atoms with E-state index in [-0.39, 0.29) is 11.7 Å². The number of aromatic nitrogens is 3. The van der Waals surface area contributed by atoms with Crippen LogP contribution in [0.15, 0.2) is 36.7 Å². The molecular weight excluding hydrogens is 306 g/mol. The quantitative estimate of drug-likeness (QED) is 0.741. The van der Waals surface area contributed by atoms with E-state index in [1.165, 1.54) is 0 Å². The summed E-state index contributed by atoms with van der Waals surface area (Å²) in [5, 5.41) is 4.15. The summed E-state index contributed by atoms with van der Waals surface area (Å²) in [7, 11) is 3.25. The molecule has 1 aliphatic carbocycles. The summed E-state index contributed by atoms with van der Waals surface area (Å²) in [6.07, 6.45) is 4.60. The number of fused-ring (bicyclic) bond motifs is 2. The molecule has 0 spiro atoms. The molecule has 1 aliphatic rings. The van der Waals surface area contributed by atoms with Crippen molar-refractivity contribution < 1.29 is 14.3 Å². The highest BCUT2D eigenvalue weighted by atomic mass is 16.5. The van der Waals surface area contributed by atoms with Crippen molar-refractivity contribution in [3.8, 4) is 11.5 Å². The third-order valence-electron chi connectivity index (χ3n) is 4.51. The standard InChI is InChI=1S/C18H17N3O3/c1-23-12-3-4-13(17(9-12)24-2)11-7-15-14(16(22)8-11)10-21-18(20-15)5-6-19-21/h3-6,9-11H,7-8H2,1-2H3. The van der Waals surface area contributed by atoms with Crippen molar-refractivity contribution in [3.63, 3.8) is 0 Å². The topological polar surface area (TPSA) is 65.7 Å². The van der Waals surface area contributed by atoms with Crippen LogP contribution in [0.25, 0.3) is 5.65 Å². The van der Waals surface area contributed by atoms with Crippen molar-refractivity contribution in [2.45, 2.75) is 18.8 Å². The van der Waals surface area contributed by atoms with E-state index in [1.807, 2.05) is 24.3 Å². The van der Waals surface area contributed by atoms with Gasteiger partial charge < -0.3 is 9.47 Å². The minimum atomic E-state index is 0.0451. The molecule has 1 unspecified atom stereocenters. The second kappa shape index (κ2) is 5.63. The average molecular weight is 323 g/mol. The molecule has 3 aromatic rings. The summed E-state index contributed by atoms with van der Waals surface area (Å²) in [6.45, 7) is 0. The highest BCUT2D eigenvalue weighted by Gasteiger charge is 2.30. The number of Topliss-reactive ketones (excluding diaryl/α,β-unsaturated/α-hetero) is 1. The summed E-state index contributed by atoms with van der Waals surface area (Å²) in [5.41, 5.74) is 3.24. The van der Waals surface area contributed by atoms with Crippen molar-refractivity contribution in [1.29, 1.82) is 0 Å². The van der Waals surface area contributed by atoms with Gasteiger partial charge in [0.2, 0.25) is 0 Å². The number of rotatable bonds is 3. The summed E-state index contributed by atoms with van der Waals surface area (Å²) >= 11 is 0. The molecule has 0 radical (unpaired) electrons. The minimum absolute atomic E-state index is 0.0451. The fraction of sp³-hybridized carbons (Fsp3) is 0.278. The van der Waals surface area contributed by atoms with E-state index in [2.05, 4.69) is 10.1 Å². The second-order valence-electron chi connectivity index (χ2n) is 5.87. The van der Waals surface area contributed by atoms with Crippen LogP contribution in [-0.2, 0) is 6.42 Å². The third kappa shape index (κ3) is 2.31. The molecule has 0 fully saturated rings. The molecule has 0 saturated carbocycles. The first-order chi connectivity index (χ1) is 11.7. The van der Waals surface area contributed by atoms with Crippen molar-refractivity contribution in [3.05, 3.63) is 53.5 Å². The van der Waals surface area contributed by atoms with Crippen molar-refractivity contribution >= 4 is 11.4 Å². The number of carbonyl (C=O) groups excluding carboxylic acids is 1. The van der Waals surface area contributed by atoms with Crippen LogP contribution in [-0.4, -0.2) is 34.6 Å². The Morgan fingerprint density at radius 1 is 1.17 bits per heavy atom. The van der Waals surface area contributed by atoms with Crippen molar-refractivity contribution in [2.24, 2.45) is 0 Å². The Morgan fingerprint density at radius 3 is 2.83 bits per heavy atom. The van der Waals surface area contributed by atoms with Crippen LogP contribution in [0, 0.1) is 0 Å². The number of hydrogen-bond acceptors (Lipinski definition) is 5. The second-order valence-corrected chi connectivity index (χ2v) is 5.87. The highest BCUT2D eigenvalue weighted by Crippen LogP contribution is 2.38. The lowest BCUT2D eigenvalue weighted by atomic mass is 9.81. The fourth-order valence-electron chi connectivity index (χ4n) is 3.29. The van der Waals surface area contributed by atoms with Gasteiger partial charge in [-0.05, 0) is 18.1 Å². The summed E-state index contributed by atoms with van der Waals surface area (Å²) in [4.78, 5) is 17.2. The normalized spacial score (nSPS) is 16.9. The van der Waals surface area contributed by atoms with E-state index in [0.717, 1.165) is 28.4 Å². The third-order valence-corrected chi connectivity index (χ3v) is 4.51. The molecule has 6 nitrogen and oxygen atoms in total. The predicted molar refractivity (Wildman–Crippen MR) is 87.9 cm³/mol. The molecule has 1 aromatic carbocycles. The molecule has 1 atom stereocenters. The van der Waals surface area contributed by atoms with Gasteiger partial charge in [-0.2, -0.15) is 5.10 Å². The smallest absolute Gasteiger partial charge is 0.166 e. The Bertz CT molecular complexity index is 932. The van der Waals surface area contributed by atoms with Gasteiger partial charge in [0.1, 0.15) is 11.5 Å². The molecule has 2 heterocycles. The predicted octanol–water partition coefficient (Wildman–Crippen LogP) is 2.66. The summed E-state index contributed by atoms with van der Waals surface area (Å²) in [6, 6.07) is 7.55. The van der Waals surface area contributed by atoms with Gasteiger partial charge in [0.15, 0.2) is 11.4 Å². The van der Waals surface area contributed by atoms with Gasteiger partial charge in [0.25, 0.3) is 0 Å². The van der Waals surface area contributed by atoms with Gasteiger partial charge in [-0.3, -0.25) is 4.79 Å². The number of ketones is 1. The highest BCUT2D eigenvalue weighted by molar-refractivity contribution is 5.98.